The van der Waals surface area contributed by atoms with Crippen LogP contribution in [-0.4, -0.2) is 32.1 Å². The highest BCUT2D eigenvalue weighted by Gasteiger charge is 2.05. The molecule has 0 atom stereocenters. The van der Waals surface area contributed by atoms with Crippen molar-refractivity contribution in [2.45, 2.75) is 12.8 Å². The zero-order valence-corrected chi connectivity index (χ0v) is 11.0. The van der Waals surface area contributed by atoms with E-state index in [0.717, 1.165) is 35.8 Å². The van der Waals surface area contributed by atoms with E-state index in [1.807, 2.05) is 25.2 Å². The van der Waals surface area contributed by atoms with Crippen LogP contribution in [0.4, 0.5) is 0 Å². The van der Waals surface area contributed by atoms with Gasteiger partial charge >= 0.3 is 0 Å². The standard InChI is InChI=1S/C13H17ClN2O/c1-16(8-3-7-15)9-6-11-10-12(14)4-5-13(11)17-2/h4-5,10H,3,6,8-9H2,1-2H3. The number of halogens is 1. The van der Waals surface area contributed by atoms with Gasteiger partial charge in [0.1, 0.15) is 5.75 Å². The summed E-state index contributed by atoms with van der Waals surface area (Å²) in [6, 6.07) is 7.77. The highest BCUT2D eigenvalue weighted by atomic mass is 35.5. The number of methoxy groups -OCH3 is 1. The van der Waals surface area contributed by atoms with Crippen molar-refractivity contribution in [1.29, 1.82) is 5.26 Å². The summed E-state index contributed by atoms with van der Waals surface area (Å²) >= 11 is 5.96. The summed E-state index contributed by atoms with van der Waals surface area (Å²) in [5.41, 5.74) is 1.10. The highest BCUT2D eigenvalue weighted by Crippen LogP contribution is 2.23. The maximum Gasteiger partial charge on any atom is 0.122 e. The molecular weight excluding hydrogens is 236 g/mol. The Morgan fingerprint density at radius 1 is 1.41 bits per heavy atom. The molecule has 0 saturated heterocycles. The van der Waals surface area contributed by atoms with Gasteiger partial charge in [0.05, 0.1) is 13.2 Å². The predicted octanol–water partition coefficient (Wildman–Crippen LogP) is 2.74. The van der Waals surface area contributed by atoms with Crippen LogP contribution < -0.4 is 4.74 Å². The Balaban J connectivity index is 2.56. The first-order valence-corrected chi connectivity index (χ1v) is 5.93. The Labute approximate surface area is 108 Å². The topological polar surface area (TPSA) is 36.3 Å². The molecule has 0 aliphatic rings. The van der Waals surface area contributed by atoms with Crippen molar-refractivity contribution in [3.8, 4) is 11.8 Å². The van der Waals surface area contributed by atoms with Crippen LogP contribution in [0.25, 0.3) is 0 Å². The van der Waals surface area contributed by atoms with Crippen LogP contribution in [0, 0.1) is 11.3 Å². The van der Waals surface area contributed by atoms with Crippen LogP contribution in [-0.2, 0) is 6.42 Å². The molecular formula is C13H17ClN2O. The molecule has 0 aromatic heterocycles. The minimum atomic E-state index is 0.559. The lowest BCUT2D eigenvalue weighted by Gasteiger charge is -2.16. The molecule has 0 fully saturated rings. The van der Waals surface area contributed by atoms with E-state index < -0.39 is 0 Å². The molecule has 0 spiro atoms. The van der Waals surface area contributed by atoms with Gasteiger partial charge in [-0.1, -0.05) is 11.6 Å². The summed E-state index contributed by atoms with van der Waals surface area (Å²) in [5.74, 6) is 0.864. The monoisotopic (exact) mass is 252 g/mol. The van der Waals surface area contributed by atoms with Gasteiger partial charge in [-0.05, 0) is 37.2 Å². The zero-order chi connectivity index (χ0) is 12.7. The maximum atomic E-state index is 8.50. The van der Waals surface area contributed by atoms with Crippen LogP contribution in [0.2, 0.25) is 5.02 Å². The number of rotatable bonds is 6. The largest absolute Gasteiger partial charge is 0.496 e. The third kappa shape index (κ3) is 4.64. The molecule has 1 aromatic carbocycles. The van der Waals surface area contributed by atoms with Crippen molar-refractivity contribution >= 4 is 11.6 Å². The molecule has 0 saturated carbocycles. The van der Waals surface area contributed by atoms with E-state index in [0.29, 0.717) is 6.42 Å². The van der Waals surface area contributed by atoms with Gasteiger partial charge in [0.15, 0.2) is 0 Å². The van der Waals surface area contributed by atoms with Crippen LogP contribution in [0.15, 0.2) is 18.2 Å². The smallest absolute Gasteiger partial charge is 0.122 e. The number of nitriles is 1. The van der Waals surface area contributed by atoms with Crippen molar-refractivity contribution in [3.63, 3.8) is 0 Å². The summed E-state index contributed by atoms with van der Waals surface area (Å²) in [6.07, 6.45) is 1.43. The number of hydrogen-bond acceptors (Lipinski definition) is 3. The Morgan fingerprint density at radius 2 is 2.18 bits per heavy atom. The van der Waals surface area contributed by atoms with Crippen LogP contribution >= 0.6 is 11.6 Å². The fraction of sp³-hybridized carbons (Fsp3) is 0.462. The molecule has 1 rings (SSSR count). The van der Waals surface area contributed by atoms with Gasteiger partial charge in [0.25, 0.3) is 0 Å². The van der Waals surface area contributed by atoms with E-state index in [-0.39, 0.29) is 0 Å². The average Bonchev–Trinajstić information content (AvgIpc) is 2.34. The molecule has 0 radical (unpaired) electrons. The third-order valence-corrected chi connectivity index (χ3v) is 2.85. The van der Waals surface area contributed by atoms with Crippen LogP contribution in [0.1, 0.15) is 12.0 Å². The molecule has 0 amide bonds. The van der Waals surface area contributed by atoms with Gasteiger partial charge in [0, 0.05) is 24.5 Å². The van der Waals surface area contributed by atoms with Crippen molar-refractivity contribution in [2.24, 2.45) is 0 Å². The van der Waals surface area contributed by atoms with Gasteiger partial charge in [0.2, 0.25) is 0 Å². The SMILES string of the molecule is COc1ccc(Cl)cc1CCN(C)CCC#N. The number of benzene rings is 1. The second kappa shape index (κ2) is 7.16. The number of hydrogen-bond donors (Lipinski definition) is 0. The van der Waals surface area contributed by atoms with Crippen molar-refractivity contribution in [1.82, 2.24) is 4.90 Å². The van der Waals surface area contributed by atoms with Crippen molar-refractivity contribution < 1.29 is 4.74 Å². The molecule has 17 heavy (non-hydrogen) atoms. The van der Waals surface area contributed by atoms with Crippen molar-refractivity contribution in [3.05, 3.63) is 28.8 Å². The summed E-state index contributed by atoms with van der Waals surface area (Å²) in [4.78, 5) is 2.13. The molecule has 0 unspecified atom stereocenters. The molecule has 0 heterocycles. The van der Waals surface area contributed by atoms with E-state index in [2.05, 4.69) is 11.0 Å². The first kappa shape index (κ1) is 13.8. The number of ether oxygens (including phenoxy) is 1. The quantitative estimate of drug-likeness (QED) is 0.781. The van der Waals surface area contributed by atoms with Gasteiger partial charge < -0.3 is 9.64 Å². The van der Waals surface area contributed by atoms with Gasteiger partial charge in [-0.25, -0.2) is 0 Å². The van der Waals surface area contributed by atoms with E-state index in [9.17, 15) is 0 Å². The Hall–Kier alpha value is -1.24. The molecule has 4 heteroatoms. The molecule has 0 aliphatic carbocycles. The minimum Gasteiger partial charge on any atom is -0.496 e. The van der Waals surface area contributed by atoms with Crippen molar-refractivity contribution in [2.75, 3.05) is 27.2 Å². The summed E-state index contributed by atoms with van der Waals surface area (Å²) < 4.78 is 5.28. The van der Waals surface area contributed by atoms with Gasteiger partial charge in [-0.2, -0.15) is 5.26 Å². The van der Waals surface area contributed by atoms with E-state index in [1.165, 1.54) is 0 Å². The lowest BCUT2D eigenvalue weighted by molar-refractivity contribution is 0.342. The number of nitrogens with zero attached hydrogens (tertiary/aromatic N) is 2. The zero-order valence-electron chi connectivity index (χ0n) is 10.2. The molecule has 92 valence electrons. The fourth-order valence-corrected chi connectivity index (χ4v) is 1.80. The lowest BCUT2D eigenvalue weighted by Crippen LogP contribution is -2.22. The van der Waals surface area contributed by atoms with E-state index in [1.54, 1.807) is 7.11 Å². The first-order valence-electron chi connectivity index (χ1n) is 5.55. The molecule has 1 aromatic rings. The average molecular weight is 253 g/mol. The highest BCUT2D eigenvalue weighted by molar-refractivity contribution is 6.30. The van der Waals surface area contributed by atoms with E-state index in [4.69, 9.17) is 21.6 Å². The fourth-order valence-electron chi connectivity index (χ4n) is 1.61. The molecule has 3 nitrogen and oxygen atoms in total. The summed E-state index contributed by atoms with van der Waals surface area (Å²) in [5, 5.41) is 9.23. The van der Waals surface area contributed by atoms with E-state index >= 15 is 0 Å². The normalized spacial score (nSPS) is 10.3. The Kier molecular flexibility index (Phi) is 5.82. The van der Waals surface area contributed by atoms with Gasteiger partial charge in [-0.15, -0.1) is 0 Å². The second-order valence-corrected chi connectivity index (χ2v) is 4.35. The minimum absolute atomic E-state index is 0.559. The maximum absolute atomic E-state index is 8.50. The lowest BCUT2D eigenvalue weighted by atomic mass is 10.1. The first-order chi connectivity index (χ1) is 8.17. The second-order valence-electron chi connectivity index (χ2n) is 3.92. The number of likely N-dealkylation sites (N-methyl/N-ethyl adjacent to an activating group) is 1. The summed E-state index contributed by atoms with van der Waals surface area (Å²) in [6.45, 7) is 1.68. The Morgan fingerprint density at radius 3 is 2.82 bits per heavy atom. The van der Waals surface area contributed by atoms with Crippen LogP contribution in [0.5, 0.6) is 5.75 Å². The third-order valence-electron chi connectivity index (χ3n) is 2.61. The van der Waals surface area contributed by atoms with Crippen LogP contribution in [0.3, 0.4) is 0 Å². The predicted molar refractivity (Wildman–Crippen MR) is 69.4 cm³/mol. The van der Waals surface area contributed by atoms with Gasteiger partial charge in [-0.3, -0.25) is 0 Å². The molecule has 0 aliphatic heterocycles. The molecule has 0 N–H and O–H groups in total. The Bertz CT molecular complexity index is 401. The summed E-state index contributed by atoms with van der Waals surface area (Å²) in [7, 11) is 3.67. The molecule has 0 bridgehead atoms.